The average molecular weight is 144 g/mol. The van der Waals surface area contributed by atoms with Gasteiger partial charge in [-0.2, -0.15) is 0 Å². The maximum atomic E-state index is 9.10. The minimum absolute atomic E-state index is 0.301. The summed E-state index contributed by atoms with van der Waals surface area (Å²) >= 11 is 0. The van der Waals surface area contributed by atoms with Crippen LogP contribution in [0.15, 0.2) is 12.2 Å². The molecule has 3 nitrogen and oxygen atoms in total. The molecule has 0 saturated heterocycles. The van der Waals surface area contributed by atoms with Gasteiger partial charge in [-0.3, -0.25) is 0 Å². The van der Waals surface area contributed by atoms with E-state index >= 15 is 0 Å². The molecule has 3 heteroatoms. The number of aliphatic hydroxyl groups excluding tert-OH is 3. The highest BCUT2D eigenvalue weighted by Crippen LogP contribution is 2.22. The lowest BCUT2D eigenvalue weighted by atomic mass is 9.89. The summed E-state index contributed by atoms with van der Waals surface area (Å²) in [5, 5.41) is 27.2. The van der Waals surface area contributed by atoms with E-state index in [9.17, 15) is 0 Å². The molecule has 0 aromatic carbocycles. The largest absolute Gasteiger partial charge is 0.393 e. The number of hydrogen-bond acceptors (Lipinski definition) is 3. The van der Waals surface area contributed by atoms with E-state index in [0.29, 0.717) is 18.4 Å². The molecule has 0 spiro atoms. The first-order chi connectivity index (χ1) is 4.61. The van der Waals surface area contributed by atoms with E-state index in [4.69, 9.17) is 15.3 Å². The molecule has 1 rings (SSSR count). The van der Waals surface area contributed by atoms with Crippen molar-refractivity contribution in [3.63, 3.8) is 0 Å². The summed E-state index contributed by atoms with van der Waals surface area (Å²) in [5.41, 5.74) is 0.422. The lowest BCUT2D eigenvalue weighted by Crippen LogP contribution is -2.34. The topological polar surface area (TPSA) is 60.7 Å². The van der Waals surface area contributed by atoms with Gasteiger partial charge in [-0.15, -0.1) is 0 Å². The fraction of sp³-hybridized carbons (Fsp3) is 0.714. The van der Waals surface area contributed by atoms with Crippen molar-refractivity contribution in [2.24, 2.45) is 0 Å². The van der Waals surface area contributed by atoms with E-state index in [1.807, 2.05) is 0 Å². The van der Waals surface area contributed by atoms with Gasteiger partial charge in [-0.05, 0) is 5.57 Å². The molecule has 0 aliphatic heterocycles. The van der Waals surface area contributed by atoms with E-state index in [1.165, 1.54) is 0 Å². The highest BCUT2D eigenvalue weighted by Gasteiger charge is 2.27. The Balaban J connectivity index is 2.57. The Morgan fingerprint density at radius 2 is 1.50 bits per heavy atom. The predicted octanol–water partition coefficient (Wildman–Crippen LogP) is -0.581. The minimum Gasteiger partial charge on any atom is -0.393 e. The van der Waals surface area contributed by atoms with Gasteiger partial charge in [-0.25, -0.2) is 0 Å². The third kappa shape index (κ3) is 1.37. The fourth-order valence-electron chi connectivity index (χ4n) is 1.14. The summed E-state index contributed by atoms with van der Waals surface area (Å²) in [7, 11) is 0. The van der Waals surface area contributed by atoms with Crippen LogP contribution < -0.4 is 0 Å². The van der Waals surface area contributed by atoms with Gasteiger partial charge < -0.3 is 15.3 Å². The smallest absolute Gasteiger partial charge is 0.0796 e. The molecule has 0 aromatic heterocycles. The molecule has 0 heterocycles. The molecular formula is C7H12O3. The summed E-state index contributed by atoms with van der Waals surface area (Å²) in [6, 6.07) is 0. The Hall–Kier alpha value is -0.380. The van der Waals surface area contributed by atoms with Gasteiger partial charge in [0.25, 0.3) is 0 Å². The lowest BCUT2D eigenvalue weighted by Gasteiger charge is -2.28. The van der Waals surface area contributed by atoms with Gasteiger partial charge >= 0.3 is 0 Å². The van der Waals surface area contributed by atoms with Crippen LogP contribution in [0.3, 0.4) is 0 Å². The van der Waals surface area contributed by atoms with Gasteiger partial charge in [0.15, 0.2) is 0 Å². The highest BCUT2D eigenvalue weighted by molar-refractivity contribution is 5.12. The van der Waals surface area contributed by atoms with Crippen molar-refractivity contribution in [2.75, 3.05) is 0 Å². The van der Waals surface area contributed by atoms with Crippen LogP contribution in [0.25, 0.3) is 0 Å². The molecule has 1 fully saturated rings. The standard InChI is InChI=1S/C7H12O3/c1-4-6(9)2-5(8)3-7(4)10/h5-10H,1-3H2. The number of aliphatic hydroxyl groups is 3. The molecule has 0 aromatic rings. The molecule has 1 saturated carbocycles. The molecule has 1 aliphatic rings. The van der Waals surface area contributed by atoms with Crippen LogP contribution in [-0.2, 0) is 0 Å². The van der Waals surface area contributed by atoms with E-state index in [0.717, 1.165) is 0 Å². The van der Waals surface area contributed by atoms with Crippen molar-refractivity contribution >= 4 is 0 Å². The highest BCUT2D eigenvalue weighted by atomic mass is 16.3. The summed E-state index contributed by atoms with van der Waals surface area (Å²) in [6.45, 7) is 3.50. The normalized spacial score (nSPS) is 41.9. The molecule has 3 N–H and O–H groups in total. The van der Waals surface area contributed by atoms with Crippen molar-refractivity contribution in [1.82, 2.24) is 0 Å². The van der Waals surface area contributed by atoms with Crippen molar-refractivity contribution < 1.29 is 15.3 Å². The molecule has 0 radical (unpaired) electrons. The van der Waals surface area contributed by atoms with E-state index < -0.39 is 18.3 Å². The zero-order chi connectivity index (χ0) is 7.72. The molecule has 2 atom stereocenters. The molecule has 10 heavy (non-hydrogen) atoms. The van der Waals surface area contributed by atoms with Crippen molar-refractivity contribution in [1.29, 1.82) is 0 Å². The molecular weight excluding hydrogens is 132 g/mol. The zero-order valence-electron chi connectivity index (χ0n) is 5.70. The SMILES string of the molecule is C=C1C(O)CC(O)CC1O. The van der Waals surface area contributed by atoms with Gasteiger partial charge in [0.2, 0.25) is 0 Å². The Labute approximate surface area is 59.6 Å². The number of rotatable bonds is 0. The van der Waals surface area contributed by atoms with Crippen LogP contribution in [0.4, 0.5) is 0 Å². The lowest BCUT2D eigenvalue weighted by molar-refractivity contribution is 0.0173. The Morgan fingerprint density at radius 3 is 1.90 bits per heavy atom. The first-order valence-corrected chi connectivity index (χ1v) is 3.34. The molecule has 58 valence electrons. The van der Waals surface area contributed by atoms with Crippen LogP contribution in [0.2, 0.25) is 0 Å². The zero-order valence-corrected chi connectivity index (χ0v) is 5.70. The second-order valence-electron chi connectivity index (χ2n) is 2.73. The monoisotopic (exact) mass is 144 g/mol. The van der Waals surface area contributed by atoms with Crippen molar-refractivity contribution in [3.8, 4) is 0 Å². The van der Waals surface area contributed by atoms with Gasteiger partial charge in [0, 0.05) is 12.8 Å². The third-order valence-corrected chi connectivity index (χ3v) is 1.85. The fourth-order valence-corrected chi connectivity index (χ4v) is 1.14. The van der Waals surface area contributed by atoms with Gasteiger partial charge in [0.05, 0.1) is 18.3 Å². The van der Waals surface area contributed by atoms with Crippen LogP contribution in [0.1, 0.15) is 12.8 Å². The maximum absolute atomic E-state index is 9.10. The van der Waals surface area contributed by atoms with Crippen molar-refractivity contribution in [2.45, 2.75) is 31.2 Å². The molecule has 0 amide bonds. The van der Waals surface area contributed by atoms with E-state index in [1.54, 1.807) is 0 Å². The molecule has 1 aliphatic carbocycles. The Morgan fingerprint density at radius 1 is 1.10 bits per heavy atom. The van der Waals surface area contributed by atoms with Gasteiger partial charge in [-0.1, -0.05) is 6.58 Å². The Bertz CT molecular complexity index is 130. The summed E-state index contributed by atoms with van der Waals surface area (Å²) in [4.78, 5) is 0. The average Bonchev–Trinajstić information content (AvgIpc) is 1.82. The van der Waals surface area contributed by atoms with Crippen LogP contribution in [-0.4, -0.2) is 33.6 Å². The molecule has 2 unspecified atom stereocenters. The first-order valence-electron chi connectivity index (χ1n) is 3.34. The van der Waals surface area contributed by atoms with Crippen LogP contribution in [0.5, 0.6) is 0 Å². The van der Waals surface area contributed by atoms with Crippen LogP contribution in [0, 0.1) is 0 Å². The van der Waals surface area contributed by atoms with E-state index in [2.05, 4.69) is 6.58 Å². The second-order valence-corrected chi connectivity index (χ2v) is 2.73. The minimum atomic E-state index is -0.737. The first kappa shape index (κ1) is 7.72. The maximum Gasteiger partial charge on any atom is 0.0796 e. The van der Waals surface area contributed by atoms with Crippen LogP contribution >= 0.6 is 0 Å². The quantitative estimate of drug-likeness (QED) is 0.398. The van der Waals surface area contributed by atoms with E-state index in [-0.39, 0.29) is 0 Å². The summed E-state index contributed by atoms with van der Waals surface area (Å²) in [6.07, 6.45) is -1.46. The number of hydrogen-bond donors (Lipinski definition) is 3. The van der Waals surface area contributed by atoms with Gasteiger partial charge in [0.1, 0.15) is 0 Å². The second kappa shape index (κ2) is 2.70. The third-order valence-electron chi connectivity index (χ3n) is 1.85. The van der Waals surface area contributed by atoms with Crippen molar-refractivity contribution in [3.05, 3.63) is 12.2 Å². The molecule has 0 bridgehead atoms. The summed E-state index contributed by atoms with van der Waals surface area (Å²) < 4.78 is 0. The Kier molecular flexibility index (Phi) is 2.08. The predicted molar refractivity (Wildman–Crippen MR) is 36.4 cm³/mol. The summed E-state index contributed by atoms with van der Waals surface area (Å²) in [5.74, 6) is 0.